The Bertz CT molecular complexity index is 488. The summed E-state index contributed by atoms with van der Waals surface area (Å²) in [5.41, 5.74) is -0.567. The van der Waals surface area contributed by atoms with Crippen LogP contribution >= 0.6 is 0 Å². The predicted molar refractivity (Wildman–Crippen MR) is 74.2 cm³/mol. The molecule has 0 amide bonds. The van der Waals surface area contributed by atoms with Gasteiger partial charge in [-0.1, -0.05) is 32.6 Å². The molecule has 0 fully saturated rings. The molecule has 1 aromatic rings. The molecule has 5 nitrogen and oxygen atoms in total. The van der Waals surface area contributed by atoms with Crippen molar-refractivity contribution in [1.29, 1.82) is 0 Å². The van der Waals surface area contributed by atoms with Crippen molar-refractivity contribution in [2.24, 2.45) is 14.1 Å². The molecule has 0 aliphatic heterocycles. The Kier molecular flexibility index (Phi) is 5.68. The molecular formula is C13H23N3O2. The second kappa shape index (κ2) is 7.03. The monoisotopic (exact) mass is 253 g/mol. The maximum Gasteiger partial charge on any atom is 0.332 e. The Morgan fingerprint density at radius 1 is 1.06 bits per heavy atom. The van der Waals surface area contributed by atoms with Crippen molar-refractivity contribution in [2.75, 3.05) is 11.9 Å². The number of anilines is 1. The number of rotatable bonds is 7. The van der Waals surface area contributed by atoms with E-state index in [1.54, 1.807) is 7.05 Å². The van der Waals surface area contributed by atoms with Crippen molar-refractivity contribution in [3.8, 4) is 0 Å². The Hall–Kier alpha value is -1.52. The lowest BCUT2D eigenvalue weighted by Crippen LogP contribution is -2.37. The van der Waals surface area contributed by atoms with Crippen LogP contribution in [0.3, 0.4) is 0 Å². The molecule has 1 aromatic heterocycles. The largest absolute Gasteiger partial charge is 0.371 e. The molecule has 18 heavy (non-hydrogen) atoms. The van der Waals surface area contributed by atoms with E-state index in [4.69, 9.17) is 0 Å². The van der Waals surface area contributed by atoms with Crippen molar-refractivity contribution in [3.05, 3.63) is 26.9 Å². The van der Waals surface area contributed by atoms with E-state index in [0.717, 1.165) is 17.5 Å². The number of aromatic nitrogens is 2. The second-order valence-corrected chi connectivity index (χ2v) is 4.61. The molecule has 0 bridgehead atoms. The van der Waals surface area contributed by atoms with Gasteiger partial charge in [-0.25, -0.2) is 4.79 Å². The number of unbranched alkanes of at least 4 members (excludes halogenated alkanes) is 4. The van der Waals surface area contributed by atoms with Crippen LogP contribution in [0.25, 0.3) is 0 Å². The lowest BCUT2D eigenvalue weighted by atomic mass is 10.1. The molecule has 0 aromatic carbocycles. The van der Waals surface area contributed by atoms with E-state index >= 15 is 0 Å². The molecule has 0 spiro atoms. The number of nitrogens with zero attached hydrogens (tertiary/aromatic N) is 2. The predicted octanol–water partition coefficient (Wildman–Crippen LogP) is 1.47. The van der Waals surface area contributed by atoms with Crippen LogP contribution < -0.4 is 16.6 Å². The number of nitrogens with one attached hydrogen (secondary N) is 1. The van der Waals surface area contributed by atoms with E-state index < -0.39 is 0 Å². The van der Waals surface area contributed by atoms with E-state index in [9.17, 15) is 9.59 Å². The fraction of sp³-hybridized carbons (Fsp3) is 0.692. The summed E-state index contributed by atoms with van der Waals surface area (Å²) in [6, 6.07) is 1.47. The highest BCUT2D eigenvalue weighted by Gasteiger charge is 2.04. The van der Waals surface area contributed by atoms with Crippen molar-refractivity contribution < 1.29 is 0 Å². The van der Waals surface area contributed by atoms with Gasteiger partial charge in [0.1, 0.15) is 5.82 Å². The van der Waals surface area contributed by atoms with E-state index in [0.29, 0.717) is 5.82 Å². The standard InChI is InChI=1S/C13H23N3O2/c1-4-5-6-7-8-9-14-11-10-12(17)16(3)13(18)15(11)2/h10,14H,4-9H2,1-3H3. The SMILES string of the molecule is CCCCCCCNc1cc(=O)n(C)c(=O)n1C. The third kappa shape index (κ3) is 3.75. The van der Waals surface area contributed by atoms with E-state index in [1.165, 1.54) is 43.4 Å². The van der Waals surface area contributed by atoms with Gasteiger partial charge in [0.05, 0.1) is 0 Å². The Morgan fingerprint density at radius 3 is 2.39 bits per heavy atom. The molecule has 0 aliphatic rings. The molecule has 0 unspecified atom stereocenters. The van der Waals surface area contributed by atoms with Gasteiger partial charge in [0.25, 0.3) is 5.56 Å². The second-order valence-electron chi connectivity index (χ2n) is 4.61. The highest BCUT2D eigenvalue weighted by atomic mass is 16.2. The van der Waals surface area contributed by atoms with Crippen molar-refractivity contribution in [2.45, 2.75) is 39.0 Å². The molecule has 0 saturated heterocycles. The first kappa shape index (κ1) is 14.5. The molecule has 102 valence electrons. The lowest BCUT2D eigenvalue weighted by molar-refractivity contribution is 0.640. The average molecular weight is 253 g/mol. The van der Waals surface area contributed by atoms with Crippen LogP contribution in [0, 0.1) is 0 Å². The summed E-state index contributed by atoms with van der Waals surface area (Å²) in [6.07, 6.45) is 5.98. The van der Waals surface area contributed by atoms with Crippen LogP contribution in [0.1, 0.15) is 39.0 Å². The molecule has 5 heteroatoms. The van der Waals surface area contributed by atoms with Crippen LogP contribution in [-0.4, -0.2) is 15.7 Å². The average Bonchev–Trinajstić information content (AvgIpc) is 2.37. The first-order valence-corrected chi connectivity index (χ1v) is 6.59. The van der Waals surface area contributed by atoms with Gasteiger partial charge in [-0.2, -0.15) is 0 Å². The van der Waals surface area contributed by atoms with Gasteiger partial charge in [-0.15, -0.1) is 0 Å². The number of hydrogen-bond acceptors (Lipinski definition) is 3. The quantitative estimate of drug-likeness (QED) is 0.749. The van der Waals surface area contributed by atoms with E-state index in [1.807, 2.05) is 0 Å². The molecule has 0 radical (unpaired) electrons. The maximum atomic E-state index is 11.7. The normalized spacial score (nSPS) is 10.6. The van der Waals surface area contributed by atoms with Crippen LogP contribution in [0.5, 0.6) is 0 Å². The van der Waals surface area contributed by atoms with Crippen LogP contribution in [-0.2, 0) is 14.1 Å². The lowest BCUT2D eigenvalue weighted by Gasteiger charge is -2.11. The van der Waals surface area contributed by atoms with Gasteiger partial charge in [-0.05, 0) is 6.42 Å². The zero-order valence-corrected chi connectivity index (χ0v) is 11.5. The molecule has 1 N–H and O–H groups in total. The van der Waals surface area contributed by atoms with E-state index in [2.05, 4.69) is 12.2 Å². The minimum atomic E-state index is -0.295. The minimum Gasteiger partial charge on any atom is -0.371 e. The topological polar surface area (TPSA) is 56.0 Å². The van der Waals surface area contributed by atoms with Crippen LogP contribution in [0.15, 0.2) is 15.7 Å². The summed E-state index contributed by atoms with van der Waals surface area (Å²) in [5, 5.41) is 3.15. The highest BCUT2D eigenvalue weighted by molar-refractivity contribution is 5.33. The van der Waals surface area contributed by atoms with Crippen molar-refractivity contribution >= 4 is 5.82 Å². The Labute approximate surface area is 107 Å². The van der Waals surface area contributed by atoms with E-state index in [-0.39, 0.29) is 11.2 Å². The zero-order valence-electron chi connectivity index (χ0n) is 11.5. The van der Waals surface area contributed by atoms with Crippen LogP contribution in [0.4, 0.5) is 5.82 Å². The Morgan fingerprint density at radius 2 is 1.72 bits per heavy atom. The fourth-order valence-electron chi connectivity index (χ4n) is 1.85. The third-order valence-corrected chi connectivity index (χ3v) is 3.11. The summed E-state index contributed by atoms with van der Waals surface area (Å²) in [5.74, 6) is 0.596. The Balaban J connectivity index is 2.53. The van der Waals surface area contributed by atoms with Gasteiger partial charge < -0.3 is 5.32 Å². The van der Waals surface area contributed by atoms with Gasteiger partial charge >= 0.3 is 5.69 Å². The smallest absolute Gasteiger partial charge is 0.332 e. The summed E-state index contributed by atoms with van der Waals surface area (Å²) < 4.78 is 2.57. The summed E-state index contributed by atoms with van der Waals surface area (Å²) in [7, 11) is 3.15. The summed E-state index contributed by atoms with van der Waals surface area (Å²) in [6.45, 7) is 2.98. The maximum absolute atomic E-state index is 11.7. The first-order chi connectivity index (χ1) is 8.57. The highest BCUT2D eigenvalue weighted by Crippen LogP contribution is 2.04. The van der Waals surface area contributed by atoms with Gasteiger partial charge in [0.2, 0.25) is 0 Å². The van der Waals surface area contributed by atoms with Crippen LogP contribution in [0.2, 0.25) is 0 Å². The van der Waals surface area contributed by atoms with Gasteiger partial charge in [0, 0.05) is 26.7 Å². The molecule has 0 saturated carbocycles. The summed E-state index contributed by atoms with van der Waals surface area (Å²) >= 11 is 0. The van der Waals surface area contributed by atoms with Gasteiger partial charge in [0.15, 0.2) is 0 Å². The van der Waals surface area contributed by atoms with Crippen molar-refractivity contribution in [1.82, 2.24) is 9.13 Å². The fourth-order valence-corrected chi connectivity index (χ4v) is 1.85. The minimum absolute atomic E-state index is 0.272. The third-order valence-electron chi connectivity index (χ3n) is 3.11. The molecule has 0 aliphatic carbocycles. The van der Waals surface area contributed by atoms with Crippen molar-refractivity contribution in [3.63, 3.8) is 0 Å². The molecular weight excluding hydrogens is 230 g/mol. The zero-order chi connectivity index (χ0) is 13.5. The molecule has 0 atom stereocenters. The molecule has 1 rings (SSSR count). The molecule has 1 heterocycles. The van der Waals surface area contributed by atoms with Gasteiger partial charge in [-0.3, -0.25) is 13.9 Å². The first-order valence-electron chi connectivity index (χ1n) is 6.59. The number of hydrogen-bond donors (Lipinski definition) is 1. The summed E-state index contributed by atoms with van der Waals surface area (Å²) in [4.78, 5) is 23.2.